The number of nitriles is 1. The number of aromatic nitrogens is 1. The SMILES string of the molecule is N#CC(=Cc1cccc([NH+]([O-])O)c1)c1nc2ccccc2s1. The molecule has 22 heavy (non-hydrogen) atoms. The van der Waals surface area contributed by atoms with E-state index in [9.17, 15) is 10.5 Å². The van der Waals surface area contributed by atoms with Gasteiger partial charge in [-0.25, -0.2) is 10.2 Å². The summed E-state index contributed by atoms with van der Waals surface area (Å²) in [6, 6.07) is 16.3. The van der Waals surface area contributed by atoms with Gasteiger partial charge in [-0.2, -0.15) is 10.5 Å². The average molecular weight is 309 g/mol. The molecule has 0 aliphatic rings. The van der Waals surface area contributed by atoms with Crippen molar-refractivity contribution in [3.8, 4) is 6.07 Å². The van der Waals surface area contributed by atoms with E-state index in [-0.39, 0.29) is 5.69 Å². The molecule has 0 fully saturated rings. The molecule has 0 amide bonds. The van der Waals surface area contributed by atoms with Crippen molar-refractivity contribution in [2.75, 3.05) is 0 Å². The van der Waals surface area contributed by atoms with Gasteiger partial charge >= 0.3 is 0 Å². The number of hydrogen-bond donors (Lipinski definition) is 2. The zero-order valence-electron chi connectivity index (χ0n) is 11.4. The first-order valence-electron chi connectivity index (χ1n) is 6.48. The summed E-state index contributed by atoms with van der Waals surface area (Å²) >= 11 is 1.44. The van der Waals surface area contributed by atoms with E-state index in [1.807, 2.05) is 24.3 Å². The van der Waals surface area contributed by atoms with E-state index < -0.39 is 5.23 Å². The third kappa shape index (κ3) is 2.88. The molecular formula is C16H11N3O2S. The van der Waals surface area contributed by atoms with Crippen LogP contribution in [-0.2, 0) is 0 Å². The van der Waals surface area contributed by atoms with Crippen molar-refractivity contribution in [2.45, 2.75) is 0 Å². The van der Waals surface area contributed by atoms with Gasteiger partial charge in [0, 0.05) is 12.1 Å². The fourth-order valence-electron chi connectivity index (χ4n) is 2.06. The highest BCUT2D eigenvalue weighted by Crippen LogP contribution is 2.28. The number of benzene rings is 2. The zero-order chi connectivity index (χ0) is 15.5. The second-order valence-corrected chi connectivity index (χ2v) is 5.62. The summed E-state index contributed by atoms with van der Waals surface area (Å²) in [6.45, 7) is 0. The highest BCUT2D eigenvalue weighted by atomic mass is 32.1. The highest BCUT2D eigenvalue weighted by molar-refractivity contribution is 7.19. The molecule has 1 aromatic heterocycles. The number of quaternary nitrogens is 1. The van der Waals surface area contributed by atoms with Gasteiger partial charge < -0.3 is 5.21 Å². The van der Waals surface area contributed by atoms with Gasteiger partial charge in [0.05, 0.1) is 15.8 Å². The number of hydrogen-bond acceptors (Lipinski definition) is 5. The lowest BCUT2D eigenvalue weighted by Gasteiger charge is -2.11. The largest absolute Gasteiger partial charge is 0.595 e. The molecule has 2 aromatic carbocycles. The quantitative estimate of drug-likeness (QED) is 0.575. The summed E-state index contributed by atoms with van der Waals surface area (Å²) in [5.41, 5.74) is 2.12. The molecular weight excluding hydrogens is 298 g/mol. The Bertz CT molecular complexity index is 861. The number of nitrogens with one attached hydrogen (secondary N) is 1. The Morgan fingerprint density at radius 2 is 2.09 bits per heavy atom. The molecule has 108 valence electrons. The van der Waals surface area contributed by atoms with Gasteiger partial charge in [-0.05, 0) is 23.8 Å². The lowest BCUT2D eigenvalue weighted by Crippen LogP contribution is -2.99. The van der Waals surface area contributed by atoms with Crippen LogP contribution in [0.2, 0.25) is 0 Å². The van der Waals surface area contributed by atoms with Crippen LogP contribution in [-0.4, -0.2) is 10.2 Å². The van der Waals surface area contributed by atoms with Crippen LogP contribution in [0.15, 0.2) is 48.5 Å². The topological polar surface area (TPSA) is 84.4 Å². The minimum Gasteiger partial charge on any atom is -0.595 e. The summed E-state index contributed by atoms with van der Waals surface area (Å²) in [6.07, 6.45) is 1.66. The Balaban J connectivity index is 2.03. The minimum atomic E-state index is -0.992. The third-order valence-corrected chi connectivity index (χ3v) is 4.16. The maximum absolute atomic E-state index is 11.0. The second-order valence-electron chi connectivity index (χ2n) is 4.59. The number of fused-ring (bicyclic) bond motifs is 1. The van der Waals surface area contributed by atoms with Crippen LogP contribution in [0.25, 0.3) is 21.9 Å². The first-order valence-corrected chi connectivity index (χ1v) is 7.30. The van der Waals surface area contributed by atoms with Crippen molar-refractivity contribution >= 4 is 38.9 Å². The summed E-state index contributed by atoms with van der Waals surface area (Å²) in [7, 11) is 0. The van der Waals surface area contributed by atoms with Gasteiger partial charge in [-0.3, -0.25) is 0 Å². The number of para-hydroxylation sites is 1. The predicted octanol–water partition coefficient (Wildman–Crippen LogP) is 2.76. The molecule has 3 aromatic rings. The van der Waals surface area contributed by atoms with Crippen LogP contribution in [0.1, 0.15) is 10.6 Å². The summed E-state index contributed by atoms with van der Waals surface area (Å²) in [5.74, 6) is 0. The molecule has 3 rings (SSSR count). The highest BCUT2D eigenvalue weighted by Gasteiger charge is 2.09. The first-order chi connectivity index (χ1) is 10.7. The standard InChI is InChI=1S/C16H11N3O2S/c17-10-12(8-11-4-3-5-13(9-11)19(20)21)16-18-14-6-1-2-7-15(14)22-16/h1-9,19-20H. The van der Waals surface area contributed by atoms with Crippen molar-refractivity contribution in [1.82, 2.24) is 4.98 Å². The Hall–Kier alpha value is -2.56. The van der Waals surface area contributed by atoms with E-state index >= 15 is 0 Å². The van der Waals surface area contributed by atoms with Crippen LogP contribution in [0.3, 0.4) is 0 Å². The Labute approximate surface area is 130 Å². The van der Waals surface area contributed by atoms with Crippen LogP contribution < -0.4 is 5.23 Å². The molecule has 0 aliphatic heterocycles. The predicted molar refractivity (Wildman–Crippen MR) is 85.3 cm³/mol. The monoisotopic (exact) mass is 309 g/mol. The van der Waals surface area contributed by atoms with E-state index in [0.717, 1.165) is 10.2 Å². The summed E-state index contributed by atoms with van der Waals surface area (Å²) in [4.78, 5) is 4.45. The fourth-order valence-corrected chi connectivity index (χ4v) is 2.99. The van der Waals surface area contributed by atoms with Crippen molar-refractivity contribution in [1.29, 1.82) is 5.26 Å². The maximum Gasteiger partial charge on any atom is 0.164 e. The van der Waals surface area contributed by atoms with E-state index in [2.05, 4.69) is 11.1 Å². The van der Waals surface area contributed by atoms with Gasteiger partial charge in [-0.15, -0.1) is 11.3 Å². The summed E-state index contributed by atoms with van der Waals surface area (Å²) < 4.78 is 1.01. The third-order valence-electron chi connectivity index (χ3n) is 3.09. The smallest absolute Gasteiger partial charge is 0.164 e. The molecule has 0 aliphatic carbocycles. The Kier molecular flexibility index (Phi) is 3.96. The van der Waals surface area contributed by atoms with Gasteiger partial charge in [0.25, 0.3) is 0 Å². The molecule has 0 saturated heterocycles. The number of thiazole rings is 1. The van der Waals surface area contributed by atoms with E-state index in [1.165, 1.54) is 23.5 Å². The number of allylic oxidation sites excluding steroid dienone is 1. The Morgan fingerprint density at radius 3 is 2.82 bits per heavy atom. The minimum absolute atomic E-state index is 0.190. The van der Waals surface area contributed by atoms with Crippen molar-refractivity contribution < 1.29 is 10.4 Å². The Morgan fingerprint density at radius 1 is 1.27 bits per heavy atom. The van der Waals surface area contributed by atoms with Crippen molar-refractivity contribution in [2.24, 2.45) is 0 Å². The number of nitrogens with zero attached hydrogens (tertiary/aromatic N) is 2. The molecule has 1 heterocycles. The molecule has 0 spiro atoms. The van der Waals surface area contributed by atoms with Crippen LogP contribution in [0.4, 0.5) is 5.69 Å². The van der Waals surface area contributed by atoms with Crippen LogP contribution in [0.5, 0.6) is 0 Å². The molecule has 2 N–H and O–H groups in total. The van der Waals surface area contributed by atoms with Gasteiger partial charge in [-0.1, -0.05) is 24.3 Å². The van der Waals surface area contributed by atoms with E-state index in [4.69, 9.17) is 5.21 Å². The molecule has 6 heteroatoms. The molecule has 0 radical (unpaired) electrons. The normalized spacial score (nSPS) is 13.0. The fraction of sp³-hybridized carbons (Fsp3) is 0. The zero-order valence-corrected chi connectivity index (χ0v) is 12.2. The maximum atomic E-state index is 11.0. The van der Waals surface area contributed by atoms with Crippen LogP contribution in [0, 0.1) is 16.5 Å². The van der Waals surface area contributed by atoms with Crippen molar-refractivity contribution in [3.63, 3.8) is 0 Å². The first kappa shape index (κ1) is 14.4. The molecule has 5 nitrogen and oxygen atoms in total. The van der Waals surface area contributed by atoms with Crippen molar-refractivity contribution in [3.05, 3.63) is 64.3 Å². The molecule has 1 unspecified atom stereocenters. The van der Waals surface area contributed by atoms with Gasteiger partial charge in [0.2, 0.25) is 0 Å². The van der Waals surface area contributed by atoms with E-state index in [0.29, 0.717) is 16.1 Å². The molecule has 0 saturated carbocycles. The number of rotatable bonds is 3. The lowest BCUT2D eigenvalue weighted by atomic mass is 10.1. The average Bonchev–Trinajstić information content (AvgIpc) is 2.96. The second kappa shape index (κ2) is 6.05. The van der Waals surface area contributed by atoms with E-state index in [1.54, 1.807) is 18.2 Å². The lowest BCUT2D eigenvalue weighted by molar-refractivity contribution is -0.991. The summed E-state index contributed by atoms with van der Waals surface area (Å²) in [5, 5.41) is 29.0. The molecule has 0 bridgehead atoms. The van der Waals surface area contributed by atoms with Crippen LogP contribution >= 0.6 is 11.3 Å². The van der Waals surface area contributed by atoms with Gasteiger partial charge in [0.1, 0.15) is 11.1 Å². The van der Waals surface area contributed by atoms with Gasteiger partial charge in [0.15, 0.2) is 5.69 Å². The molecule has 1 atom stereocenters.